The normalized spacial score (nSPS) is 11.1. The predicted molar refractivity (Wildman–Crippen MR) is 122 cm³/mol. The molecule has 0 aliphatic heterocycles. The summed E-state index contributed by atoms with van der Waals surface area (Å²) in [4.78, 5) is 12.6. The van der Waals surface area contributed by atoms with Crippen LogP contribution in [0.2, 0.25) is 5.02 Å². The Balaban J connectivity index is 1.94. The number of nitrogens with zero attached hydrogens (tertiary/aromatic N) is 2. The Morgan fingerprint density at radius 1 is 1.09 bits per heavy atom. The fourth-order valence-electron chi connectivity index (χ4n) is 3.03. The van der Waals surface area contributed by atoms with E-state index in [1.54, 1.807) is 42.5 Å². The summed E-state index contributed by atoms with van der Waals surface area (Å²) >= 11 is 6.04. The van der Waals surface area contributed by atoms with E-state index in [9.17, 15) is 13.2 Å². The molecule has 0 unspecified atom stereocenters. The minimum absolute atomic E-state index is 0.0372. The first-order chi connectivity index (χ1) is 15.3. The third-order valence-corrected chi connectivity index (χ3v) is 6.59. The number of amides is 1. The van der Waals surface area contributed by atoms with E-state index in [1.807, 2.05) is 12.1 Å². The number of carbonyl (C=O) groups is 1. The number of hydrogen-bond acceptors (Lipinski definition) is 5. The van der Waals surface area contributed by atoms with E-state index in [0.717, 1.165) is 4.31 Å². The molecule has 0 atom stereocenters. The van der Waals surface area contributed by atoms with Gasteiger partial charge in [-0.3, -0.25) is 4.79 Å². The van der Waals surface area contributed by atoms with Gasteiger partial charge in [0, 0.05) is 17.3 Å². The molecule has 1 N–H and O–H groups in total. The van der Waals surface area contributed by atoms with Gasteiger partial charge in [-0.05, 0) is 42.0 Å². The Kier molecular flexibility index (Phi) is 7.49. The molecule has 0 aliphatic carbocycles. The van der Waals surface area contributed by atoms with Crippen LogP contribution in [0.25, 0.3) is 0 Å². The van der Waals surface area contributed by atoms with Crippen molar-refractivity contribution in [1.29, 1.82) is 5.26 Å². The lowest BCUT2D eigenvalue weighted by molar-refractivity contribution is -0.116. The molecule has 0 radical (unpaired) electrons. The van der Waals surface area contributed by atoms with Gasteiger partial charge in [0.2, 0.25) is 15.9 Å². The van der Waals surface area contributed by atoms with Gasteiger partial charge in [-0.2, -0.15) is 9.57 Å². The summed E-state index contributed by atoms with van der Waals surface area (Å²) in [7, 11) is -2.79. The van der Waals surface area contributed by atoms with Crippen LogP contribution in [-0.2, 0) is 21.4 Å². The molecule has 32 heavy (non-hydrogen) atoms. The number of hydrogen-bond donors (Lipinski definition) is 1. The molecule has 7 nitrogen and oxygen atoms in total. The number of nitriles is 1. The van der Waals surface area contributed by atoms with Crippen molar-refractivity contribution < 1.29 is 17.9 Å². The lowest BCUT2D eigenvalue weighted by Crippen LogP contribution is -2.37. The van der Waals surface area contributed by atoms with E-state index < -0.39 is 22.5 Å². The third-order valence-electron chi connectivity index (χ3n) is 4.54. The average molecular weight is 470 g/mol. The van der Waals surface area contributed by atoms with E-state index in [0.29, 0.717) is 16.8 Å². The number of carbonyl (C=O) groups excluding carboxylic acids is 1. The lowest BCUT2D eigenvalue weighted by atomic mass is 10.2. The topological polar surface area (TPSA) is 99.5 Å². The second-order valence-corrected chi connectivity index (χ2v) is 9.14. The first-order valence-electron chi connectivity index (χ1n) is 9.51. The molecule has 0 saturated heterocycles. The van der Waals surface area contributed by atoms with Crippen molar-refractivity contribution in [3.05, 3.63) is 88.9 Å². The van der Waals surface area contributed by atoms with Crippen LogP contribution < -0.4 is 10.1 Å². The number of halogens is 1. The van der Waals surface area contributed by atoms with Crippen molar-refractivity contribution in [2.45, 2.75) is 11.4 Å². The molecule has 0 spiro atoms. The molecule has 0 aliphatic rings. The van der Waals surface area contributed by atoms with Crippen molar-refractivity contribution >= 4 is 33.2 Å². The van der Waals surface area contributed by atoms with Crippen LogP contribution in [0.1, 0.15) is 11.1 Å². The molecular formula is C23H20ClN3O4S. The monoisotopic (exact) mass is 469 g/mol. The number of nitrogens with one attached hydrogen (secondary N) is 1. The molecular weight excluding hydrogens is 450 g/mol. The van der Waals surface area contributed by atoms with Gasteiger partial charge >= 0.3 is 0 Å². The molecule has 3 aromatic rings. The predicted octanol–water partition coefficient (Wildman–Crippen LogP) is 4.05. The Bertz CT molecular complexity index is 1260. The molecule has 9 heteroatoms. The number of methoxy groups -OCH3 is 1. The highest BCUT2D eigenvalue weighted by Crippen LogP contribution is 2.30. The van der Waals surface area contributed by atoms with Gasteiger partial charge in [-0.15, -0.1) is 0 Å². The van der Waals surface area contributed by atoms with Crippen molar-refractivity contribution in [1.82, 2.24) is 4.31 Å². The molecule has 0 fully saturated rings. The molecule has 3 aromatic carbocycles. The molecule has 164 valence electrons. The van der Waals surface area contributed by atoms with Gasteiger partial charge in [-0.1, -0.05) is 48.0 Å². The lowest BCUT2D eigenvalue weighted by Gasteiger charge is -2.23. The summed E-state index contributed by atoms with van der Waals surface area (Å²) < 4.78 is 33.3. The molecule has 0 heterocycles. The van der Waals surface area contributed by atoms with Gasteiger partial charge in [0.1, 0.15) is 10.6 Å². The zero-order valence-electron chi connectivity index (χ0n) is 17.2. The summed E-state index contributed by atoms with van der Waals surface area (Å²) in [6.07, 6.45) is 0. The van der Waals surface area contributed by atoms with Crippen LogP contribution in [0.4, 0.5) is 5.69 Å². The smallest absolute Gasteiger partial charge is 0.247 e. The van der Waals surface area contributed by atoms with Crippen LogP contribution in [0.15, 0.2) is 77.7 Å². The van der Waals surface area contributed by atoms with E-state index in [1.165, 1.54) is 31.4 Å². The maximum atomic E-state index is 13.5. The molecule has 0 bridgehead atoms. The Labute approximate surface area is 191 Å². The second-order valence-electron chi connectivity index (χ2n) is 6.79. The van der Waals surface area contributed by atoms with Crippen LogP contribution in [0, 0.1) is 11.3 Å². The van der Waals surface area contributed by atoms with Crippen molar-refractivity contribution in [3.8, 4) is 11.8 Å². The van der Waals surface area contributed by atoms with Crippen LogP contribution in [-0.4, -0.2) is 32.3 Å². The Hall–Kier alpha value is -3.38. The summed E-state index contributed by atoms with van der Waals surface area (Å²) in [5.41, 5.74) is 1.48. The largest absolute Gasteiger partial charge is 0.495 e. The third kappa shape index (κ3) is 5.65. The molecule has 0 saturated carbocycles. The van der Waals surface area contributed by atoms with Gasteiger partial charge in [0.25, 0.3) is 0 Å². The summed E-state index contributed by atoms with van der Waals surface area (Å²) in [6, 6.07) is 21.6. The zero-order chi connectivity index (χ0) is 23.1. The Morgan fingerprint density at radius 3 is 2.53 bits per heavy atom. The summed E-state index contributed by atoms with van der Waals surface area (Å²) in [6.45, 7) is -0.492. The standard InChI is InChI=1S/C23H20ClN3O4S/c1-31-21-11-10-19(24)13-22(21)32(29,30)27(15-17-6-3-2-4-7-17)16-23(28)26-20-9-5-8-18(12-20)14-25/h2-13H,15-16H2,1H3,(H,26,28). The van der Waals surface area contributed by atoms with Crippen molar-refractivity contribution in [2.75, 3.05) is 19.0 Å². The van der Waals surface area contributed by atoms with E-state index in [2.05, 4.69) is 5.32 Å². The number of anilines is 1. The molecule has 3 rings (SSSR count). The highest BCUT2D eigenvalue weighted by Gasteiger charge is 2.30. The van der Waals surface area contributed by atoms with Gasteiger partial charge < -0.3 is 10.1 Å². The zero-order valence-corrected chi connectivity index (χ0v) is 18.7. The van der Waals surface area contributed by atoms with Gasteiger partial charge in [0.15, 0.2) is 0 Å². The summed E-state index contributed by atoms with van der Waals surface area (Å²) in [5.74, 6) is -0.435. The van der Waals surface area contributed by atoms with Gasteiger partial charge in [0.05, 0.1) is 25.3 Å². The first-order valence-corrected chi connectivity index (χ1v) is 11.3. The number of sulfonamides is 1. The average Bonchev–Trinajstić information content (AvgIpc) is 2.79. The van der Waals surface area contributed by atoms with Crippen molar-refractivity contribution in [2.24, 2.45) is 0 Å². The fraction of sp³-hybridized carbons (Fsp3) is 0.130. The maximum absolute atomic E-state index is 13.5. The molecule has 1 amide bonds. The summed E-state index contributed by atoms with van der Waals surface area (Å²) in [5, 5.41) is 11.9. The van der Waals surface area contributed by atoms with Crippen LogP contribution in [0.3, 0.4) is 0 Å². The quantitative estimate of drug-likeness (QED) is 0.536. The number of rotatable bonds is 8. The molecule has 0 aromatic heterocycles. The highest BCUT2D eigenvalue weighted by atomic mass is 35.5. The maximum Gasteiger partial charge on any atom is 0.247 e. The van der Waals surface area contributed by atoms with E-state index >= 15 is 0 Å². The van der Waals surface area contributed by atoms with Crippen LogP contribution in [0.5, 0.6) is 5.75 Å². The second kappa shape index (κ2) is 10.3. The SMILES string of the molecule is COc1ccc(Cl)cc1S(=O)(=O)N(CC(=O)Nc1cccc(C#N)c1)Cc1ccccc1. The van der Waals surface area contributed by atoms with E-state index in [4.69, 9.17) is 21.6 Å². The van der Waals surface area contributed by atoms with Gasteiger partial charge in [-0.25, -0.2) is 8.42 Å². The Morgan fingerprint density at radius 2 is 1.84 bits per heavy atom. The minimum atomic E-state index is -4.15. The number of ether oxygens (including phenoxy) is 1. The van der Waals surface area contributed by atoms with Crippen LogP contribution >= 0.6 is 11.6 Å². The minimum Gasteiger partial charge on any atom is -0.495 e. The first kappa shape index (κ1) is 23.3. The highest BCUT2D eigenvalue weighted by molar-refractivity contribution is 7.89. The van der Waals surface area contributed by atoms with E-state index in [-0.39, 0.29) is 22.2 Å². The van der Waals surface area contributed by atoms with Crippen molar-refractivity contribution in [3.63, 3.8) is 0 Å². The number of benzene rings is 3. The fourth-order valence-corrected chi connectivity index (χ4v) is 4.83.